The van der Waals surface area contributed by atoms with Crippen LogP contribution in [-0.4, -0.2) is 37.2 Å². The highest BCUT2D eigenvalue weighted by molar-refractivity contribution is 5.71. The minimum atomic E-state index is -0.764. The van der Waals surface area contributed by atoms with Crippen LogP contribution in [0.4, 0.5) is 0 Å². The van der Waals surface area contributed by atoms with Crippen molar-refractivity contribution in [3.63, 3.8) is 0 Å². The van der Waals surface area contributed by atoms with Crippen LogP contribution in [0.1, 0.15) is 324 Å². The zero-order valence-corrected chi connectivity index (χ0v) is 44.8. The van der Waals surface area contributed by atoms with Crippen molar-refractivity contribution >= 4 is 17.9 Å². The number of hydrogen-bond donors (Lipinski definition) is 0. The summed E-state index contributed by atoms with van der Waals surface area (Å²) >= 11 is 0. The molecule has 0 aromatic rings. The van der Waals surface area contributed by atoms with E-state index >= 15 is 0 Å². The Morgan fingerprint density at radius 2 is 0.538 bits per heavy atom. The van der Waals surface area contributed by atoms with Crippen molar-refractivity contribution in [3.8, 4) is 0 Å². The van der Waals surface area contributed by atoms with Gasteiger partial charge in [0.2, 0.25) is 0 Å². The van der Waals surface area contributed by atoms with Crippen LogP contribution in [0.3, 0.4) is 0 Å². The number of rotatable bonds is 52. The smallest absolute Gasteiger partial charge is 0.306 e. The molecule has 2 atom stereocenters. The fourth-order valence-electron chi connectivity index (χ4n) is 8.97. The van der Waals surface area contributed by atoms with E-state index in [0.717, 1.165) is 75.5 Å². The van der Waals surface area contributed by atoms with Gasteiger partial charge in [-0.05, 0) is 37.0 Å². The van der Waals surface area contributed by atoms with Crippen molar-refractivity contribution < 1.29 is 28.6 Å². The summed E-state index contributed by atoms with van der Waals surface area (Å²) in [6.07, 6.45) is 52.4. The normalized spacial score (nSPS) is 12.6. The molecule has 65 heavy (non-hydrogen) atoms. The third-order valence-corrected chi connectivity index (χ3v) is 13.8. The molecule has 0 spiro atoms. The summed E-state index contributed by atoms with van der Waals surface area (Å²) in [6.45, 7) is 13.8. The molecule has 0 aliphatic rings. The average Bonchev–Trinajstić information content (AvgIpc) is 3.28. The quantitative estimate of drug-likeness (QED) is 0.0344. The molecule has 0 amide bonds. The molecule has 0 aromatic carbocycles. The zero-order valence-electron chi connectivity index (χ0n) is 44.8. The number of hydrogen-bond acceptors (Lipinski definition) is 6. The van der Waals surface area contributed by atoms with Crippen molar-refractivity contribution in [2.24, 2.45) is 17.8 Å². The number of carbonyl (C=O) groups excluding carboxylic acids is 3. The second-order valence-corrected chi connectivity index (χ2v) is 21.5. The lowest BCUT2D eigenvalue weighted by Gasteiger charge is -2.18. The van der Waals surface area contributed by atoms with Crippen LogP contribution < -0.4 is 0 Å². The highest BCUT2D eigenvalue weighted by Crippen LogP contribution is 2.19. The predicted molar refractivity (Wildman–Crippen MR) is 279 cm³/mol. The molecule has 0 saturated carbocycles. The molecule has 1 unspecified atom stereocenters. The van der Waals surface area contributed by atoms with Gasteiger partial charge >= 0.3 is 17.9 Å². The molecule has 0 rings (SSSR count). The summed E-state index contributed by atoms with van der Waals surface area (Å²) in [5.74, 6) is 1.67. The largest absolute Gasteiger partial charge is 0.462 e. The molecule has 0 N–H and O–H groups in total. The predicted octanol–water partition coefficient (Wildman–Crippen LogP) is 19.1. The van der Waals surface area contributed by atoms with Gasteiger partial charge < -0.3 is 14.2 Å². The lowest BCUT2D eigenvalue weighted by Crippen LogP contribution is -2.30. The van der Waals surface area contributed by atoms with Crippen LogP contribution in [0.2, 0.25) is 0 Å². The molecule has 0 saturated heterocycles. The number of esters is 3. The van der Waals surface area contributed by atoms with Crippen molar-refractivity contribution in [3.05, 3.63) is 0 Å². The fraction of sp³-hybridized carbons (Fsp3) is 0.949. The third kappa shape index (κ3) is 51.6. The summed E-state index contributed by atoms with van der Waals surface area (Å²) in [6, 6.07) is 0. The second kappa shape index (κ2) is 50.3. The van der Waals surface area contributed by atoms with Gasteiger partial charge in [0, 0.05) is 19.3 Å². The highest BCUT2D eigenvalue weighted by Gasteiger charge is 2.19. The maximum Gasteiger partial charge on any atom is 0.306 e. The summed E-state index contributed by atoms with van der Waals surface area (Å²) in [7, 11) is 0. The van der Waals surface area contributed by atoms with Crippen molar-refractivity contribution in [2.75, 3.05) is 13.2 Å². The van der Waals surface area contributed by atoms with Crippen LogP contribution in [0, 0.1) is 17.8 Å². The number of carbonyl (C=O) groups is 3. The Balaban J connectivity index is 4.24. The van der Waals surface area contributed by atoms with E-state index in [1.165, 1.54) is 205 Å². The minimum absolute atomic E-state index is 0.0641. The molecule has 0 fully saturated rings. The lowest BCUT2D eigenvalue weighted by atomic mass is 10.00. The molecular weight excluding hydrogens is 805 g/mol. The van der Waals surface area contributed by atoms with E-state index in [9.17, 15) is 14.4 Å². The maximum absolute atomic E-state index is 12.8. The number of ether oxygens (including phenoxy) is 3. The molecule has 0 aliphatic carbocycles. The van der Waals surface area contributed by atoms with Crippen LogP contribution in [0.5, 0.6) is 0 Å². The maximum atomic E-state index is 12.8. The van der Waals surface area contributed by atoms with Crippen molar-refractivity contribution in [1.82, 2.24) is 0 Å². The van der Waals surface area contributed by atoms with Crippen molar-refractivity contribution in [2.45, 2.75) is 330 Å². The molecule has 0 heterocycles. The van der Waals surface area contributed by atoms with E-state index in [0.29, 0.717) is 19.3 Å². The van der Waals surface area contributed by atoms with Gasteiger partial charge in [0.05, 0.1) is 0 Å². The molecule has 6 heteroatoms. The molecule has 6 nitrogen and oxygen atoms in total. The number of unbranched alkanes of at least 4 members (excludes halogenated alkanes) is 34. The van der Waals surface area contributed by atoms with E-state index in [2.05, 4.69) is 41.5 Å². The first-order valence-electron chi connectivity index (χ1n) is 29.1. The standard InChI is InChI=1S/C59H114O6/c1-7-55(6)47-41-35-31-32-37-43-49-58(61)64-52-56(65-59(62)50-44-38-30-26-22-18-14-10-12-16-20-24-28-34-40-46-54(4)5)51-63-57(60)48-42-36-29-25-21-17-13-9-8-11-15-19-23-27-33-39-45-53(2)3/h53-56H,7-52H2,1-6H3/t55?,56-/m1/s1. The Hall–Kier alpha value is -1.59. The Morgan fingerprint density at radius 3 is 0.800 bits per heavy atom. The Kier molecular flexibility index (Phi) is 49.1. The van der Waals surface area contributed by atoms with Gasteiger partial charge in [-0.15, -0.1) is 0 Å². The van der Waals surface area contributed by atoms with Gasteiger partial charge in [-0.25, -0.2) is 0 Å². The SMILES string of the molecule is CCC(C)CCCCCCCCC(=O)OC[C@@H](COC(=O)CCCCCCCCCCCCCCCCCCC(C)C)OC(=O)CCCCCCCCCCCCCCCCCC(C)C. The molecule has 0 aliphatic heterocycles. The summed E-state index contributed by atoms with van der Waals surface area (Å²) in [4.78, 5) is 38.1. The third-order valence-electron chi connectivity index (χ3n) is 13.8. The van der Waals surface area contributed by atoms with Crippen LogP contribution in [0.25, 0.3) is 0 Å². The Bertz CT molecular complexity index is 1010. The van der Waals surface area contributed by atoms with Crippen LogP contribution in [-0.2, 0) is 28.6 Å². The minimum Gasteiger partial charge on any atom is -0.462 e. The van der Waals surface area contributed by atoms with Gasteiger partial charge in [0.25, 0.3) is 0 Å². The Labute approximate surface area is 406 Å². The summed E-state index contributed by atoms with van der Waals surface area (Å²) in [5.41, 5.74) is 0. The molecule has 386 valence electrons. The van der Waals surface area contributed by atoms with Crippen molar-refractivity contribution in [1.29, 1.82) is 0 Å². The van der Waals surface area contributed by atoms with E-state index < -0.39 is 6.10 Å². The van der Waals surface area contributed by atoms with Crippen LogP contribution in [0.15, 0.2) is 0 Å². The molecule has 0 radical (unpaired) electrons. The van der Waals surface area contributed by atoms with E-state index in [1.54, 1.807) is 0 Å². The first-order valence-corrected chi connectivity index (χ1v) is 29.1. The van der Waals surface area contributed by atoms with E-state index in [4.69, 9.17) is 14.2 Å². The topological polar surface area (TPSA) is 78.9 Å². The van der Waals surface area contributed by atoms with Gasteiger partial charge in [0.1, 0.15) is 13.2 Å². The molecular formula is C59H114O6. The highest BCUT2D eigenvalue weighted by atomic mass is 16.6. The monoisotopic (exact) mass is 919 g/mol. The first-order chi connectivity index (χ1) is 31.6. The van der Waals surface area contributed by atoms with Gasteiger partial charge in [0.15, 0.2) is 6.10 Å². The fourth-order valence-corrected chi connectivity index (χ4v) is 8.97. The lowest BCUT2D eigenvalue weighted by molar-refractivity contribution is -0.167. The molecule has 0 aromatic heterocycles. The van der Waals surface area contributed by atoms with E-state index in [1.807, 2.05) is 0 Å². The van der Waals surface area contributed by atoms with E-state index in [-0.39, 0.29) is 31.1 Å². The second-order valence-electron chi connectivity index (χ2n) is 21.5. The Morgan fingerprint density at radius 1 is 0.308 bits per heavy atom. The van der Waals surface area contributed by atoms with Gasteiger partial charge in [-0.1, -0.05) is 286 Å². The van der Waals surface area contributed by atoms with Gasteiger partial charge in [-0.3, -0.25) is 14.4 Å². The zero-order chi connectivity index (χ0) is 47.7. The van der Waals surface area contributed by atoms with Gasteiger partial charge in [-0.2, -0.15) is 0 Å². The summed E-state index contributed by atoms with van der Waals surface area (Å²) in [5, 5.41) is 0. The van der Waals surface area contributed by atoms with Crippen LogP contribution >= 0.6 is 0 Å². The first kappa shape index (κ1) is 63.4. The average molecular weight is 920 g/mol. The summed E-state index contributed by atoms with van der Waals surface area (Å²) < 4.78 is 16.9. The molecule has 0 bridgehead atoms.